The number of ether oxygens (including phenoxy) is 1. The van der Waals surface area contributed by atoms with Crippen molar-refractivity contribution in [2.24, 2.45) is 0 Å². The molecule has 0 atom stereocenters. The Kier molecular flexibility index (Phi) is 4.29. The first-order chi connectivity index (χ1) is 7.31. The van der Waals surface area contributed by atoms with Gasteiger partial charge in [-0.3, -0.25) is 0 Å². The summed E-state index contributed by atoms with van der Waals surface area (Å²) < 4.78 is 5.12. The van der Waals surface area contributed by atoms with Crippen LogP contribution >= 0.6 is 0 Å². The number of carbonyl (C=O) groups excluding carboxylic acids is 1. The van der Waals surface area contributed by atoms with Crippen molar-refractivity contribution in [3.05, 3.63) is 55.1 Å². The van der Waals surface area contributed by atoms with Crippen LogP contribution in [0.5, 0.6) is 5.75 Å². The van der Waals surface area contributed by atoms with Gasteiger partial charge >= 0.3 is 5.97 Å². The van der Waals surface area contributed by atoms with Crippen molar-refractivity contribution in [2.45, 2.75) is 0 Å². The number of hydrogen-bond donors (Lipinski definition) is 0. The molecule has 3 heteroatoms. The second-order valence-electron chi connectivity index (χ2n) is 3.10. The third-order valence-electron chi connectivity index (χ3n) is 2.13. The molecule has 2 nitrogen and oxygen atoms in total. The second-order valence-corrected chi connectivity index (χ2v) is 3.10. The van der Waals surface area contributed by atoms with E-state index >= 15 is 0 Å². The predicted molar refractivity (Wildman–Crippen MR) is 59.8 cm³/mol. The Balaban J connectivity index is 0.00000128. The van der Waals surface area contributed by atoms with Gasteiger partial charge in [-0.25, -0.2) is 4.79 Å². The summed E-state index contributed by atoms with van der Waals surface area (Å²) in [5.41, 5.74) is 0. The molecule has 0 aliphatic rings. The molecule has 0 fully saturated rings. The molecule has 0 aliphatic heterocycles. The van der Waals surface area contributed by atoms with E-state index in [0.717, 1.165) is 16.8 Å². The Hall–Kier alpha value is -1.57. The van der Waals surface area contributed by atoms with Crippen molar-refractivity contribution >= 4 is 16.7 Å². The van der Waals surface area contributed by atoms with Crippen molar-refractivity contribution in [1.82, 2.24) is 0 Å². The van der Waals surface area contributed by atoms with Gasteiger partial charge in [0.25, 0.3) is 0 Å². The van der Waals surface area contributed by atoms with Crippen LogP contribution in [0.3, 0.4) is 0 Å². The first kappa shape index (κ1) is 12.5. The zero-order valence-corrected chi connectivity index (χ0v) is 9.60. The predicted octanol–water partition coefficient (Wildman–Crippen LogP) is 2.93. The van der Waals surface area contributed by atoms with Gasteiger partial charge in [0, 0.05) is 28.5 Å². The summed E-state index contributed by atoms with van der Waals surface area (Å²) in [6.45, 7) is 3.36. The molecule has 82 valence electrons. The molecule has 0 bridgehead atoms. The van der Waals surface area contributed by atoms with Crippen LogP contribution < -0.4 is 4.74 Å². The number of rotatable bonds is 2. The van der Waals surface area contributed by atoms with E-state index < -0.39 is 5.97 Å². The van der Waals surface area contributed by atoms with E-state index in [9.17, 15) is 4.79 Å². The van der Waals surface area contributed by atoms with E-state index in [2.05, 4.69) is 6.58 Å². The number of benzene rings is 2. The van der Waals surface area contributed by atoms with Crippen LogP contribution in [0.4, 0.5) is 0 Å². The summed E-state index contributed by atoms with van der Waals surface area (Å²) in [6.07, 6.45) is 1.15. The van der Waals surface area contributed by atoms with Gasteiger partial charge in [-0.15, -0.1) is 0 Å². The summed E-state index contributed by atoms with van der Waals surface area (Å²) >= 11 is 0. The molecule has 0 aromatic heterocycles. The summed E-state index contributed by atoms with van der Waals surface area (Å²) in [7, 11) is 0. The Morgan fingerprint density at radius 3 is 2.56 bits per heavy atom. The third kappa shape index (κ3) is 2.51. The number of carbonyl (C=O) groups is 1. The summed E-state index contributed by atoms with van der Waals surface area (Å²) in [5, 5.41) is 1.97. The average molecular weight is 254 g/mol. The topological polar surface area (TPSA) is 26.3 Å². The number of fused-ring (bicyclic) bond motifs is 1. The fraction of sp³-hybridized carbons (Fsp3) is 0. The van der Waals surface area contributed by atoms with Crippen LogP contribution in [0.1, 0.15) is 0 Å². The van der Waals surface area contributed by atoms with Crippen LogP contribution in [0.25, 0.3) is 10.8 Å². The van der Waals surface area contributed by atoms with Gasteiger partial charge in [-0.1, -0.05) is 43.0 Å². The van der Waals surface area contributed by atoms with Crippen LogP contribution in [0, 0.1) is 0 Å². The molecule has 2 aromatic carbocycles. The minimum Gasteiger partial charge on any atom is -0.423 e. The largest absolute Gasteiger partial charge is 0.423 e. The molecule has 0 amide bonds. The maximum absolute atomic E-state index is 11.1. The molecule has 2 aromatic rings. The molecule has 0 saturated heterocycles. The van der Waals surface area contributed by atoms with E-state index in [1.807, 2.05) is 36.4 Å². The zero-order valence-electron chi connectivity index (χ0n) is 8.50. The number of esters is 1. The maximum atomic E-state index is 11.1. The fourth-order valence-electron chi connectivity index (χ4n) is 1.43. The van der Waals surface area contributed by atoms with Crippen molar-refractivity contribution in [1.29, 1.82) is 0 Å². The maximum Gasteiger partial charge on any atom is 0.335 e. The Bertz CT molecular complexity index is 515. The van der Waals surface area contributed by atoms with E-state index in [1.54, 1.807) is 6.07 Å². The summed E-state index contributed by atoms with van der Waals surface area (Å²) in [4.78, 5) is 11.1. The molecular weight excluding hydrogens is 244 g/mol. The van der Waals surface area contributed by atoms with Crippen LogP contribution in [-0.2, 0) is 21.9 Å². The summed E-state index contributed by atoms with van der Waals surface area (Å²) in [5.74, 6) is 0.129. The van der Waals surface area contributed by atoms with Crippen molar-refractivity contribution in [2.75, 3.05) is 0 Å². The standard InChI is InChI=1S/C13H10O2.Fe/c1-2-13(14)15-12-9-5-7-10-6-3-4-8-11(10)12;/h2-9H,1H2;. The Morgan fingerprint density at radius 1 is 1.12 bits per heavy atom. The van der Waals surface area contributed by atoms with Crippen LogP contribution in [0.2, 0.25) is 0 Å². The van der Waals surface area contributed by atoms with E-state index in [1.165, 1.54) is 0 Å². The first-order valence-electron chi connectivity index (χ1n) is 4.63. The van der Waals surface area contributed by atoms with E-state index in [0.29, 0.717) is 5.75 Å². The first-order valence-corrected chi connectivity index (χ1v) is 4.63. The molecule has 0 spiro atoms. The van der Waals surface area contributed by atoms with Crippen molar-refractivity contribution < 1.29 is 26.6 Å². The minimum atomic E-state index is -0.439. The third-order valence-corrected chi connectivity index (χ3v) is 2.13. The van der Waals surface area contributed by atoms with Crippen molar-refractivity contribution in [3.63, 3.8) is 0 Å². The van der Waals surface area contributed by atoms with Gasteiger partial charge in [0.15, 0.2) is 0 Å². The zero-order chi connectivity index (χ0) is 10.7. The summed E-state index contributed by atoms with van der Waals surface area (Å²) in [6, 6.07) is 13.3. The SMILES string of the molecule is C=CC(=O)Oc1cccc2ccccc12.[Fe]. The Labute approximate surface area is 104 Å². The van der Waals surface area contributed by atoms with Gasteiger partial charge in [0.1, 0.15) is 5.75 Å². The van der Waals surface area contributed by atoms with Gasteiger partial charge in [0.2, 0.25) is 0 Å². The molecule has 0 unspecified atom stereocenters. The Morgan fingerprint density at radius 2 is 1.81 bits per heavy atom. The van der Waals surface area contributed by atoms with E-state index in [4.69, 9.17) is 4.74 Å². The minimum absolute atomic E-state index is 0. The van der Waals surface area contributed by atoms with E-state index in [-0.39, 0.29) is 17.1 Å². The normalized spacial score (nSPS) is 9.25. The molecule has 0 heterocycles. The molecular formula is C13H10FeO2. The average Bonchev–Trinajstić information content (AvgIpc) is 2.29. The van der Waals surface area contributed by atoms with Crippen LogP contribution in [0.15, 0.2) is 55.1 Å². The molecule has 0 radical (unpaired) electrons. The van der Waals surface area contributed by atoms with Gasteiger partial charge in [-0.2, -0.15) is 0 Å². The molecule has 2 rings (SSSR count). The van der Waals surface area contributed by atoms with Gasteiger partial charge < -0.3 is 4.74 Å². The quantitative estimate of drug-likeness (QED) is 0.356. The molecule has 16 heavy (non-hydrogen) atoms. The molecule has 0 saturated carbocycles. The van der Waals surface area contributed by atoms with Crippen molar-refractivity contribution in [3.8, 4) is 5.75 Å². The van der Waals surface area contributed by atoms with Crippen LogP contribution in [-0.4, -0.2) is 5.97 Å². The smallest absolute Gasteiger partial charge is 0.335 e. The molecule has 0 N–H and O–H groups in total. The van der Waals surface area contributed by atoms with Gasteiger partial charge in [-0.05, 0) is 11.5 Å². The van der Waals surface area contributed by atoms with Gasteiger partial charge in [0.05, 0.1) is 0 Å². The molecule has 0 aliphatic carbocycles. The number of hydrogen-bond acceptors (Lipinski definition) is 2. The second kappa shape index (κ2) is 5.50. The fourth-order valence-corrected chi connectivity index (χ4v) is 1.43. The monoisotopic (exact) mass is 254 g/mol.